The first-order chi connectivity index (χ1) is 6.84. The van der Waals surface area contributed by atoms with Crippen LogP contribution < -0.4 is 0 Å². The van der Waals surface area contributed by atoms with Crippen LogP contribution >= 0.6 is 0 Å². The van der Waals surface area contributed by atoms with Gasteiger partial charge < -0.3 is 10.1 Å². The van der Waals surface area contributed by atoms with Gasteiger partial charge in [-0.2, -0.15) is 0 Å². The van der Waals surface area contributed by atoms with E-state index in [1.165, 1.54) is 0 Å². The highest BCUT2D eigenvalue weighted by molar-refractivity contribution is 5.79. The van der Waals surface area contributed by atoms with Crippen LogP contribution in [0.1, 0.15) is 5.69 Å². The van der Waals surface area contributed by atoms with Crippen molar-refractivity contribution in [3.8, 4) is 5.75 Å². The van der Waals surface area contributed by atoms with Gasteiger partial charge in [-0.25, -0.2) is 0 Å². The summed E-state index contributed by atoms with van der Waals surface area (Å²) in [6, 6.07) is 10.6. The van der Waals surface area contributed by atoms with Gasteiger partial charge in [0.1, 0.15) is 5.75 Å². The monoisotopic (exact) mass is 186 g/mol. The molecule has 14 heavy (non-hydrogen) atoms. The summed E-state index contributed by atoms with van der Waals surface area (Å²) in [6.07, 6.45) is 3.59. The van der Waals surface area contributed by atoms with Gasteiger partial charge in [-0.1, -0.05) is 0 Å². The number of H-pyrrole nitrogens is 1. The fourth-order valence-corrected chi connectivity index (χ4v) is 1.11. The van der Waals surface area contributed by atoms with Crippen LogP contribution in [0.3, 0.4) is 0 Å². The van der Waals surface area contributed by atoms with E-state index in [1.807, 2.05) is 18.3 Å². The Kier molecular flexibility index (Phi) is 2.32. The Morgan fingerprint density at radius 1 is 1.14 bits per heavy atom. The standard InChI is InChI=1S/C11H10N2O/c14-11-5-3-9(4-6-11)13-8-10-2-1-7-12-10/h1-8,12,14H. The van der Waals surface area contributed by atoms with E-state index in [2.05, 4.69) is 9.98 Å². The summed E-state index contributed by atoms with van der Waals surface area (Å²) in [5, 5.41) is 9.05. The highest BCUT2D eigenvalue weighted by atomic mass is 16.3. The third-order valence-corrected chi connectivity index (χ3v) is 1.82. The summed E-state index contributed by atoms with van der Waals surface area (Å²) < 4.78 is 0. The molecule has 0 fully saturated rings. The molecule has 3 heteroatoms. The number of benzene rings is 1. The Balaban J connectivity index is 2.15. The Bertz CT molecular complexity index is 415. The van der Waals surface area contributed by atoms with Crippen LogP contribution in [0.2, 0.25) is 0 Å². The zero-order valence-corrected chi connectivity index (χ0v) is 7.51. The number of nitrogens with zero attached hydrogens (tertiary/aromatic N) is 1. The van der Waals surface area contributed by atoms with Gasteiger partial charge in [-0.3, -0.25) is 4.99 Å². The summed E-state index contributed by atoms with van der Waals surface area (Å²) in [5.41, 5.74) is 1.77. The quantitative estimate of drug-likeness (QED) is 0.695. The minimum Gasteiger partial charge on any atom is -0.508 e. The number of phenols is 1. The molecule has 0 amide bonds. The molecule has 0 saturated carbocycles. The maximum absolute atomic E-state index is 9.05. The van der Waals surface area contributed by atoms with Crippen molar-refractivity contribution < 1.29 is 5.11 Å². The van der Waals surface area contributed by atoms with Crippen LogP contribution in [-0.4, -0.2) is 16.3 Å². The SMILES string of the molecule is Oc1ccc(N=Cc2ccc[nH]2)cc1. The number of aromatic hydroxyl groups is 1. The third-order valence-electron chi connectivity index (χ3n) is 1.82. The van der Waals surface area contributed by atoms with Crippen molar-refractivity contribution in [1.82, 2.24) is 4.98 Å². The minimum absolute atomic E-state index is 0.254. The van der Waals surface area contributed by atoms with E-state index in [-0.39, 0.29) is 5.75 Å². The maximum Gasteiger partial charge on any atom is 0.115 e. The third kappa shape index (κ3) is 2.01. The minimum atomic E-state index is 0.254. The molecule has 1 heterocycles. The molecule has 1 aromatic carbocycles. The normalized spacial score (nSPS) is 10.9. The van der Waals surface area contributed by atoms with E-state index >= 15 is 0 Å². The number of aromatic amines is 1. The second-order valence-corrected chi connectivity index (χ2v) is 2.90. The van der Waals surface area contributed by atoms with E-state index in [0.29, 0.717) is 0 Å². The summed E-state index contributed by atoms with van der Waals surface area (Å²) in [7, 11) is 0. The highest BCUT2D eigenvalue weighted by Gasteiger charge is 1.89. The van der Waals surface area contributed by atoms with Crippen LogP contribution in [0.25, 0.3) is 0 Å². The Morgan fingerprint density at radius 2 is 1.93 bits per heavy atom. The number of nitrogens with one attached hydrogen (secondary N) is 1. The van der Waals surface area contributed by atoms with Crippen molar-refractivity contribution in [1.29, 1.82) is 0 Å². The molecule has 0 unspecified atom stereocenters. The number of hydrogen-bond acceptors (Lipinski definition) is 2. The smallest absolute Gasteiger partial charge is 0.115 e. The fourth-order valence-electron chi connectivity index (χ4n) is 1.11. The lowest BCUT2D eigenvalue weighted by molar-refractivity contribution is 0.475. The number of aliphatic imine (C=N–C) groups is 1. The molecule has 0 saturated heterocycles. The van der Waals surface area contributed by atoms with Crippen LogP contribution in [0.15, 0.2) is 47.6 Å². The molecule has 3 nitrogen and oxygen atoms in total. The van der Waals surface area contributed by atoms with Crippen molar-refractivity contribution in [2.45, 2.75) is 0 Å². The van der Waals surface area contributed by atoms with Gasteiger partial charge in [0, 0.05) is 6.20 Å². The first kappa shape index (κ1) is 8.56. The molecule has 0 bridgehead atoms. The van der Waals surface area contributed by atoms with E-state index in [4.69, 9.17) is 5.11 Å². The molecule has 0 radical (unpaired) electrons. The summed E-state index contributed by atoms with van der Waals surface area (Å²) >= 11 is 0. The molecule has 2 N–H and O–H groups in total. The van der Waals surface area contributed by atoms with Crippen molar-refractivity contribution in [2.75, 3.05) is 0 Å². The molecule has 0 aliphatic heterocycles. The second kappa shape index (κ2) is 3.79. The van der Waals surface area contributed by atoms with Crippen molar-refractivity contribution in [2.24, 2.45) is 4.99 Å². The predicted octanol–water partition coefficient (Wildman–Crippen LogP) is 2.47. The van der Waals surface area contributed by atoms with E-state index in [1.54, 1.807) is 30.5 Å². The molecule has 0 spiro atoms. The lowest BCUT2D eigenvalue weighted by atomic mass is 10.3. The lowest BCUT2D eigenvalue weighted by Gasteiger charge is -1.92. The van der Waals surface area contributed by atoms with E-state index in [0.717, 1.165) is 11.4 Å². The molecule has 0 aliphatic rings. The van der Waals surface area contributed by atoms with Gasteiger partial charge in [0.15, 0.2) is 0 Å². The average molecular weight is 186 g/mol. The molecular formula is C11H10N2O. The van der Waals surface area contributed by atoms with Crippen molar-refractivity contribution in [3.63, 3.8) is 0 Å². The second-order valence-electron chi connectivity index (χ2n) is 2.90. The van der Waals surface area contributed by atoms with Crippen LogP contribution in [0, 0.1) is 0 Å². The van der Waals surface area contributed by atoms with Gasteiger partial charge in [-0.05, 0) is 36.4 Å². The summed E-state index contributed by atoms with van der Waals surface area (Å²) in [6.45, 7) is 0. The number of hydrogen-bond donors (Lipinski definition) is 2. The topological polar surface area (TPSA) is 48.4 Å². The highest BCUT2D eigenvalue weighted by Crippen LogP contribution is 2.16. The number of phenolic OH excluding ortho intramolecular Hbond substituents is 1. The van der Waals surface area contributed by atoms with Crippen LogP contribution in [0.5, 0.6) is 5.75 Å². The first-order valence-electron chi connectivity index (χ1n) is 4.31. The average Bonchev–Trinajstić information content (AvgIpc) is 2.70. The van der Waals surface area contributed by atoms with Gasteiger partial charge in [0.25, 0.3) is 0 Å². The van der Waals surface area contributed by atoms with Crippen LogP contribution in [0.4, 0.5) is 5.69 Å². The summed E-state index contributed by atoms with van der Waals surface area (Å²) in [5.74, 6) is 0.254. The van der Waals surface area contributed by atoms with Gasteiger partial charge in [0.05, 0.1) is 17.6 Å². The molecule has 0 aliphatic carbocycles. The largest absolute Gasteiger partial charge is 0.508 e. The summed E-state index contributed by atoms with van der Waals surface area (Å²) in [4.78, 5) is 7.24. The molecule has 2 aromatic rings. The Hall–Kier alpha value is -2.03. The predicted molar refractivity (Wildman–Crippen MR) is 56.2 cm³/mol. The molecule has 2 rings (SSSR count). The molecule has 70 valence electrons. The number of aromatic nitrogens is 1. The zero-order chi connectivity index (χ0) is 9.80. The maximum atomic E-state index is 9.05. The van der Waals surface area contributed by atoms with Gasteiger partial charge in [0.2, 0.25) is 0 Å². The van der Waals surface area contributed by atoms with Crippen LogP contribution in [-0.2, 0) is 0 Å². The van der Waals surface area contributed by atoms with Crippen molar-refractivity contribution in [3.05, 3.63) is 48.3 Å². The first-order valence-corrected chi connectivity index (χ1v) is 4.31. The Labute approximate surface area is 81.8 Å². The molecule has 1 aromatic heterocycles. The van der Waals surface area contributed by atoms with E-state index in [9.17, 15) is 0 Å². The van der Waals surface area contributed by atoms with Gasteiger partial charge in [-0.15, -0.1) is 0 Å². The zero-order valence-electron chi connectivity index (χ0n) is 7.51. The lowest BCUT2D eigenvalue weighted by Crippen LogP contribution is -1.77. The molecular weight excluding hydrogens is 176 g/mol. The molecule has 0 atom stereocenters. The fraction of sp³-hybridized carbons (Fsp3) is 0. The van der Waals surface area contributed by atoms with Gasteiger partial charge >= 0.3 is 0 Å². The van der Waals surface area contributed by atoms with Crippen molar-refractivity contribution >= 4 is 11.9 Å². The van der Waals surface area contributed by atoms with E-state index < -0.39 is 0 Å². The number of rotatable bonds is 2. The Morgan fingerprint density at radius 3 is 2.57 bits per heavy atom.